The summed E-state index contributed by atoms with van der Waals surface area (Å²) in [5.74, 6) is 1.33. The Morgan fingerprint density at radius 2 is 2.31 bits per heavy atom. The molecule has 3 nitrogen and oxygen atoms in total. The minimum Gasteiger partial charge on any atom is -0.392 e. The molecule has 2 heterocycles. The van der Waals surface area contributed by atoms with E-state index < -0.39 is 0 Å². The summed E-state index contributed by atoms with van der Waals surface area (Å²) in [5, 5.41) is 0. The number of thioether (sulfide) groups is 1. The normalized spacial score (nSPS) is 34.3. The van der Waals surface area contributed by atoms with E-state index in [2.05, 4.69) is 6.92 Å². The van der Waals surface area contributed by atoms with Crippen LogP contribution in [0, 0.1) is 0 Å². The van der Waals surface area contributed by atoms with Crippen molar-refractivity contribution in [3.63, 3.8) is 0 Å². The van der Waals surface area contributed by atoms with Crippen LogP contribution in [0.2, 0.25) is 0 Å². The van der Waals surface area contributed by atoms with E-state index in [9.17, 15) is 4.79 Å². The summed E-state index contributed by atoms with van der Waals surface area (Å²) in [5.41, 5.74) is 5.70. The molecule has 0 bridgehead atoms. The van der Waals surface area contributed by atoms with Gasteiger partial charge < -0.3 is 10.6 Å². The van der Waals surface area contributed by atoms with E-state index in [1.807, 2.05) is 4.90 Å². The van der Waals surface area contributed by atoms with Crippen LogP contribution in [0.25, 0.3) is 0 Å². The highest BCUT2D eigenvalue weighted by atomic mass is 32.2. The molecule has 0 aromatic carbocycles. The van der Waals surface area contributed by atoms with E-state index in [1.54, 1.807) is 11.8 Å². The Hall–Kier alpha value is -0.290. The van der Waals surface area contributed by atoms with Gasteiger partial charge >= 0.3 is 0 Å². The standard InChI is InChI=1S/C11H18N2OS2/c1-11(5-3-7-16-11)10(14)13-6-2-4-8(13)9(12)15/h8H,2-7H2,1H3,(H2,12,15). The molecule has 2 N–H and O–H groups in total. The fourth-order valence-corrected chi connectivity index (χ4v) is 4.07. The predicted molar refractivity (Wildman–Crippen MR) is 71.6 cm³/mol. The summed E-state index contributed by atoms with van der Waals surface area (Å²) in [6.07, 6.45) is 4.08. The number of carbonyl (C=O) groups excluding carboxylic acids is 1. The lowest BCUT2D eigenvalue weighted by Gasteiger charge is -2.31. The maximum absolute atomic E-state index is 12.5. The number of nitrogens with zero attached hydrogens (tertiary/aromatic N) is 1. The van der Waals surface area contributed by atoms with Gasteiger partial charge in [-0.05, 0) is 38.4 Å². The van der Waals surface area contributed by atoms with Crippen LogP contribution in [0.3, 0.4) is 0 Å². The highest BCUT2D eigenvalue weighted by Crippen LogP contribution is 2.40. The molecular formula is C11H18N2OS2. The zero-order valence-corrected chi connectivity index (χ0v) is 11.2. The van der Waals surface area contributed by atoms with E-state index >= 15 is 0 Å². The molecule has 5 heteroatoms. The van der Waals surface area contributed by atoms with Crippen LogP contribution >= 0.6 is 24.0 Å². The summed E-state index contributed by atoms with van der Waals surface area (Å²) in [4.78, 5) is 14.8. The SMILES string of the molecule is CC1(C(=O)N2CCCC2C(N)=S)CCCS1. The molecule has 0 radical (unpaired) electrons. The van der Waals surface area contributed by atoms with Gasteiger partial charge in [0, 0.05) is 6.54 Å². The molecule has 16 heavy (non-hydrogen) atoms. The molecular weight excluding hydrogens is 240 g/mol. The molecule has 0 spiro atoms. The molecule has 2 saturated heterocycles. The summed E-state index contributed by atoms with van der Waals surface area (Å²) in [6.45, 7) is 2.87. The molecule has 0 aliphatic carbocycles. The van der Waals surface area contributed by atoms with Crippen molar-refractivity contribution in [3.05, 3.63) is 0 Å². The second kappa shape index (κ2) is 4.53. The molecule has 2 unspecified atom stereocenters. The Kier molecular flexibility index (Phi) is 3.45. The molecule has 0 aromatic heterocycles. The number of amides is 1. The average Bonchev–Trinajstić information content (AvgIpc) is 2.85. The van der Waals surface area contributed by atoms with Crippen molar-refractivity contribution in [2.24, 2.45) is 5.73 Å². The van der Waals surface area contributed by atoms with Crippen LogP contribution in [-0.4, -0.2) is 38.9 Å². The van der Waals surface area contributed by atoms with Gasteiger partial charge in [-0.25, -0.2) is 0 Å². The lowest BCUT2D eigenvalue weighted by molar-refractivity contribution is -0.133. The van der Waals surface area contributed by atoms with Crippen molar-refractivity contribution >= 4 is 34.9 Å². The van der Waals surface area contributed by atoms with Crippen molar-refractivity contribution in [2.45, 2.75) is 43.4 Å². The number of carbonyl (C=O) groups is 1. The molecule has 0 aromatic rings. The van der Waals surface area contributed by atoms with E-state index in [4.69, 9.17) is 18.0 Å². The number of hydrogen-bond acceptors (Lipinski definition) is 3. The number of rotatable bonds is 2. The van der Waals surface area contributed by atoms with Gasteiger partial charge in [-0.1, -0.05) is 12.2 Å². The maximum Gasteiger partial charge on any atom is 0.239 e. The van der Waals surface area contributed by atoms with Gasteiger partial charge in [-0.2, -0.15) is 0 Å². The van der Waals surface area contributed by atoms with Crippen LogP contribution in [0.1, 0.15) is 32.6 Å². The first-order valence-corrected chi connectivity index (χ1v) is 7.18. The Bertz CT molecular complexity index is 313. The highest BCUT2D eigenvalue weighted by Gasteiger charge is 2.43. The van der Waals surface area contributed by atoms with E-state index in [0.717, 1.165) is 38.0 Å². The van der Waals surface area contributed by atoms with Crippen LogP contribution in [0.5, 0.6) is 0 Å². The summed E-state index contributed by atoms with van der Waals surface area (Å²) >= 11 is 6.82. The Balaban J connectivity index is 2.12. The minimum absolute atomic E-state index is 0.000486. The number of hydrogen-bond donors (Lipinski definition) is 1. The molecule has 1 amide bonds. The smallest absolute Gasteiger partial charge is 0.239 e. The van der Waals surface area contributed by atoms with Gasteiger partial charge in [-0.15, -0.1) is 11.8 Å². The Morgan fingerprint density at radius 3 is 2.88 bits per heavy atom. The van der Waals surface area contributed by atoms with Crippen molar-refractivity contribution < 1.29 is 4.79 Å². The number of thiocarbonyl (C=S) groups is 1. The van der Waals surface area contributed by atoms with Gasteiger partial charge in [0.15, 0.2) is 0 Å². The summed E-state index contributed by atoms with van der Waals surface area (Å²) in [7, 11) is 0. The number of likely N-dealkylation sites (tertiary alicyclic amines) is 1. The first kappa shape index (κ1) is 12.2. The molecule has 2 aliphatic heterocycles. The summed E-state index contributed by atoms with van der Waals surface area (Å²) < 4.78 is -0.229. The molecule has 0 saturated carbocycles. The van der Waals surface area contributed by atoms with Crippen LogP contribution in [0.15, 0.2) is 0 Å². The average molecular weight is 258 g/mol. The molecule has 2 aliphatic rings. The summed E-state index contributed by atoms with van der Waals surface area (Å²) in [6, 6.07) is 0.000486. The third-order valence-electron chi connectivity index (χ3n) is 3.51. The van der Waals surface area contributed by atoms with E-state index in [0.29, 0.717) is 4.99 Å². The largest absolute Gasteiger partial charge is 0.392 e. The fourth-order valence-electron chi connectivity index (χ4n) is 2.56. The zero-order valence-electron chi connectivity index (χ0n) is 9.57. The molecule has 90 valence electrons. The van der Waals surface area contributed by atoms with Crippen LogP contribution < -0.4 is 5.73 Å². The van der Waals surface area contributed by atoms with Gasteiger partial charge in [0.2, 0.25) is 5.91 Å². The van der Waals surface area contributed by atoms with Crippen molar-refractivity contribution in [2.75, 3.05) is 12.3 Å². The van der Waals surface area contributed by atoms with Crippen LogP contribution in [-0.2, 0) is 4.79 Å². The minimum atomic E-state index is -0.229. The number of nitrogens with two attached hydrogens (primary N) is 1. The second-order valence-electron chi connectivity index (χ2n) is 4.74. The topological polar surface area (TPSA) is 46.3 Å². The third kappa shape index (κ3) is 2.07. The lowest BCUT2D eigenvalue weighted by Crippen LogP contribution is -2.49. The van der Waals surface area contributed by atoms with Crippen molar-refractivity contribution in [1.82, 2.24) is 4.90 Å². The highest BCUT2D eigenvalue weighted by molar-refractivity contribution is 8.01. The predicted octanol–water partition coefficient (Wildman–Crippen LogP) is 1.55. The van der Waals surface area contributed by atoms with Crippen LogP contribution in [0.4, 0.5) is 0 Å². The first-order chi connectivity index (χ1) is 7.54. The first-order valence-electron chi connectivity index (χ1n) is 5.79. The Labute approximate surface area is 106 Å². The molecule has 2 rings (SSSR count). The van der Waals surface area contributed by atoms with Gasteiger partial charge in [0.1, 0.15) is 0 Å². The van der Waals surface area contributed by atoms with E-state index in [-0.39, 0.29) is 16.7 Å². The van der Waals surface area contributed by atoms with Crippen molar-refractivity contribution in [1.29, 1.82) is 0 Å². The monoisotopic (exact) mass is 258 g/mol. The second-order valence-corrected chi connectivity index (χ2v) is 6.81. The maximum atomic E-state index is 12.5. The molecule has 2 atom stereocenters. The fraction of sp³-hybridized carbons (Fsp3) is 0.818. The lowest BCUT2D eigenvalue weighted by atomic mass is 10.0. The zero-order chi connectivity index (χ0) is 11.8. The Morgan fingerprint density at radius 1 is 1.56 bits per heavy atom. The van der Waals surface area contributed by atoms with Crippen molar-refractivity contribution in [3.8, 4) is 0 Å². The molecule has 2 fully saturated rings. The van der Waals surface area contributed by atoms with Gasteiger partial charge in [0.25, 0.3) is 0 Å². The van der Waals surface area contributed by atoms with Gasteiger partial charge in [0.05, 0.1) is 15.8 Å². The van der Waals surface area contributed by atoms with Gasteiger partial charge in [-0.3, -0.25) is 4.79 Å². The van der Waals surface area contributed by atoms with E-state index in [1.165, 1.54) is 0 Å². The quantitative estimate of drug-likeness (QED) is 0.763. The third-order valence-corrected chi connectivity index (χ3v) is 5.29.